The molecule has 2 aliphatic rings. The highest BCUT2D eigenvalue weighted by Crippen LogP contribution is 2.36. The predicted octanol–water partition coefficient (Wildman–Crippen LogP) is 2.83. The summed E-state index contributed by atoms with van der Waals surface area (Å²) >= 11 is 0. The SMILES string of the molecule is FC1(F)CCCC(CNCC2CCOCC2)C1. The first-order valence-corrected chi connectivity index (χ1v) is 6.82. The first-order valence-electron chi connectivity index (χ1n) is 6.82. The molecule has 2 fully saturated rings. The fourth-order valence-electron chi connectivity index (χ4n) is 2.89. The lowest BCUT2D eigenvalue weighted by atomic mass is 9.86. The number of halogens is 2. The van der Waals surface area contributed by atoms with E-state index in [2.05, 4.69) is 5.32 Å². The van der Waals surface area contributed by atoms with Crippen molar-refractivity contribution in [1.82, 2.24) is 5.32 Å². The third kappa shape index (κ3) is 4.51. The molecular formula is C13H23F2NO. The van der Waals surface area contributed by atoms with Gasteiger partial charge in [-0.05, 0) is 50.6 Å². The average molecular weight is 247 g/mol. The Balaban J connectivity index is 1.61. The molecule has 1 unspecified atom stereocenters. The van der Waals surface area contributed by atoms with Crippen LogP contribution < -0.4 is 5.32 Å². The van der Waals surface area contributed by atoms with Gasteiger partial charge in [-0.3, -0.25) is 0 Å². The van der Waals surface area contributed by atoms with E-state index >= 15 is 0 Å². The van der Waals surface area contributed by atoms with Gasteiger partial charge in [-0.1, -0.05) is 0 Å². The topological polar surface area (TPSA) is 21.3 Å². The Labute approximate surface area is 102 Å². The summed E-state index contributed by atoms with van der Waals surface area (Å²) in [6.07, 6.45) is 4.01. The van der Waals surface area contributed by atoms with Crippen LogP contribution >= 0.6 is 0 Å². The Kier molecular flexibility index (Phi) is 4.74. The minimum atomic E-state index is -2.41. The molecule has 1 aliphatic carbocycles. The van der Waals surface area contributed by atoms with Gasteiger partial charge in [0.15, 0.2) is 0 Å². The maximum atomic E-state index is 13.2. The number of rotatable bonds is 4. The summed E-state index contributed by atoms with van der Waals surface area (Å²) in [5.74, 6) is -1.57. The summed E-state index contributed by atoms with van der Waals surface area (Å²) in [6.45, 7) is 3.43. The lowest BCUT2D eigenvalue weighted by Crippen LogP contribution is -2.35. The number of hydrogen-bond acceptors (Lipinski definition) is 2. The summed E-state index contributed by atoms with van der Waals surface area (Å²) in [5.41, 5.74) is 0. The molecule has 4 heteroatoms. The molecule has 1 atom stereocenters. The van der Waals surface area contributed by atoms with Crippen molar-refractivity contribution >= 4 is 0 Å². The monoisotopic (exact) mass is 247 g/mol. The van der Waals surface area contributed by atoms with Gasteiger partial charge in [0, 0.05) is 26.1 Å². The van der Waals surface area contributed by atoms with Gasteiger partial charge in [0.2, 0.25) is 5.92 Å². The Hall–Kier alpha value is -0.220. The molecular weight excluding hydrogens is 224 g/mol. The molecule has 2 nitrogen and oxygen atoms in total. The van der Waals surface area contributed by atoms with E-state index < -0.39 is 5.92 Å². The van der Waals surface area contributed by atoms with Crippen molar-refractivity contribution in [3.05, 3.63) is 0 Å². The summed E-state index contributed by atoms with van der Waals surface area (Å²) in [5, 5.41) is 3.37. The summed E-state index contributed by atoms with van der Waals surface area (Å²) in [4.78, 5) is 0. The Morgan fingerprint density at radius 2 is 1.76 bits per heavy atom. The molecule has 1 saturated carbocycles. The Morgan fingerprint density at radius 3 is 2.47 bits per heavy atom. The predicted molar refractivity (Wildman–Crippen MR) is 63.3 cm³/mol. The number of nitrogens with one attached hydrogen (secondary N) is 1. The smallest absolute Gasteiger partial charge is 0.248 e. The van der Waals surface area contributed by atoms with Gasteiger partial charge in [-0.25, -0.2) is 8.78 Å². The first-order chi connectivity index (χ1) is 8.16. The quantitative estimate of drug-likeness (QED) is 0.825. The lowest BCUT2D eigenvalue weighted by molar-refractivity contribution is -0.0521. The molecule has 17 heavy (non-hydrogen) atoms. The van der Waals surface area contributed by atoms with Crippen molar-refractivity contribution in [3.63, 3.8) is 0 Å². The van der Waals surface area contributed by atoms with Crippen molar-refractivity contribution in [3.8, 4) is 0 Å². The number of alkyl halides is 2. The van der Waals surface area contributed by atoms with Crippen molar-refractivity contribution in [2.45, 2.75) is 44.4 Å². The van der Waals surface area contributed by atoms with Crippen LogP contribution in [0.2, 0.25) is 0 Å². The van der Waals surface area contributed by atoms with Crippen LogP contribution in [0.25, 0.3) is 0 Å². The van der Waals surface area contributed by atoms with Gasteiger partial charge >= 0.3 is 0 Å². The summed E-state index contributed by atoms with van der Waals surface area (Å²) in [6, 6.07) is 0. The fourth-order valence-corrected chi connectivity index (χ4v) is 2.89. The van der Waals surface area contributed by atoms with Crippen LogP contribution in [0.3, 0.4) is 0 Å². The van der Waals surface area contributed by atoms with Gasteiger partial charge in [0.25, 0.3) is 0 Å². The zero-order valence-electron chi connectivity index (χ0n) is 10.4. The highest BCUT2D eigenvalue weighted by atomic mass is 19.3. The second kappa shape index (κ2) is 6.10. The summed E-state index contributed by atoms with van der Waals surface area (Å²) in [7, 11) is 0. The largest absolute Gasteiger partial charge is 0.381 e. The molecule has 0 aromatic heterocycles. The molecule has 1 N–H and O–H groups in total. The third-order valence-corrected chi connectivity index (χ3v) is 3.95. The zero-order valence-corrected chi connectivity index (χ0v) is 10.4. The van der Waals surface area contributed by atoms with Crippen molar-refractivity contribution < 1.29 is 13.5 Å². The first kappa shape index (κ1) is 13.2. The van der Waals surface area contributed by atoms with Crippen molar-refractivity contribution in [2.24, 2.45) is 11.8 Å². The zero-order chi connectivity index (χ0) is 12.1. The van der Waals surface area contributed by atoms with Gasteiger partial charge < -0.3 is 10.1 Å². The maximum absolute atomic E-state index is 13.2. The molecule has 0 amide bonds. The van der Waals surface area contributed by atoms with Crippen LogP contribution in [0.1, 0.15) is 38.5 Å². The fraction of sp³-hybridized carbons (Fsp3) is 1.00. The van der Waals surface area contributed by atoms with E-state index in [1.807, 2.05) is 0 Å². The molecule has 0 radical (unpaired) electrons. The molecule has 0 bridgehead atoms. The van der Waals surface area contributed by atoms with Crippen LogP contribution in [-0.2, 0) is 4.74 Å². The highest BCUT2D eigenvalue weighted by molar-refractivity contribution is 4.80. The minimum absolute atomic E-state index is 0.0772. The standard InChI is InChI=1S/C13H23F2NO/c14-13(15)5-1-2-12(8-13)10-16-9-11-3-6-17-7-4-11/h11-12,16H,1-10H2. The van der Waals surface area contributed by atoms with E-state index in [9.17, 15) is 8.78 Å². The van der Waals surface area contributed by atoms with E-state index in [4.69, 9.17) is 4.74 Å². The molecule has 2 rings (SSSR count). The average Bonchev–Trinajstić information content (AvgIpc) is 2.29. The molecule has 0 spiro atoms. The van der Waals surface area contributed by atoms with Crippen molar-refractivity contribution in [2.75, 3.05) is 26.3 Å². The molecule has 1 saturated heterocycles. The Bertz CT molecular complexity index is 229. The highest BCUT2D eigenvalue weighted by Gasteiger charge is 2.35. The Morgan fingerprint density at radius 1 is 1.06 bits per heavy atom. The van der Waals surface area contributed by atoms with Gasteiger partial charge in [0.1, 0.15) is 0 Å². The molecule has 0 aromatic rings. The summed E-state index contributed by atoms with van der Waals surface area (Å²) < 4.78 is 31.7. The third-order valence-electron chi connectivity index (χ3n) is 3.95. The molecule has 0 aromatic carbocycles. The molecule has 1 heterocycles. The van der Waals surface area contributed by atoms with Crippen LogP contribution in [-0.4, -0.2) is 32.2 Å². The van der Waals surface area contributed by atoms with Crippen molar-refractivity contribution in [1.29, 1.82) is 0 Å². The molecule has 1 aliphatic heterocycles. The van der Waals surface area contributed by atoms with E-state index in [0.29, 0.717) is 12.3 Å². The van der Waals surface area contributed by atoms with E-state index in [1.54, 1.807) is 0 Å². The number of hydrogen-bond donors (Lipinski definition) is 1. The van der Waals surface area contributed by atoms with Crippen LogP contribution in [0, 0.1) is 11.8 Å². The second-order valence-corrected chi connectivity index (χ2v) is 5.53. The van der Waals surface area contributed by atoms with E-state index in [-0.39, 0.29) is 18.8 Å². The lowest BCUT2D eigenvalue weighted by Gasteiger charge is -2.30. The number of ether oxygens (including phenoxy) is 1. The van der Waals surface area contributed by atoms with Gasteiger partial charge in [-0.2, -0.15) is 0 Å². The van der Waals surface area contributed by atoms with Crippen LogP contribution in [0.5, 0.6) is 0 Å². The maximum Gasteiger partial charge on any atom is 0.248 e. The minimum Gasteiger partial charge on any atom is -0.381 e. The molecule has 100 valence electrons. The normalized spacial score (nSPS) is 30.4. The van der Waals surface area contributed by atoms with E-state index in [0.717, 1.165) is 45.6 Å². The second-order valence-electron chi connectivity index (χ2n) is 5.53. The van der Waals surface area contributed by atoms with Crippen LogP contribution in [0.15, 0.2) is 0 Å². The van der Waals surface area contributed by atoms with Crippen LogP contribution in [0.4, 0.5) is 8.78 Å². The van der Waals surface area contributed by atoms with Gasteiger partial charge in [0.05, 0.1) is 0 Å². The van der Waals surface area contributed by atoms with Gasteiger partial charge in [-0.15, -0.1) is 0 Å². The van der Waals surface area contributed by atoms with E-state index in [1.165, 1.54) is 0 Å².